The standard InChI is InChI=1S/C21H29NO6/c1-3-26-20(24)19(21(25)27-4-2)22-14-8-11-17(22)12-13-18(23)28-15-16-9-6-5-7-10-16/h5-7,9-10,17,19H,3-4,8,11-15H2,1-2H3/t17-/m0/s1. The van der Waals surface area contributed by atoms with Crippen molar-refractivity contribution in [2.24, 2.45) is 0 Å². The summed E-state index contributed by atoms with van der Waals surface area (Å²) in [5, 5.41) is 0. The molecule has 1 aromatic rings. The van der Waals surface area contributed by atoms with Crippen molar-refractivity contribution in [1.29, 1.82) is 0 Å². The molecule has 1 atom stereocenters. The summed E-state index contributed by atoms with van der Waals surface area (Å²) in [6.07, 6.45) is 2.40. The quantitative estimate of drug-likeness (QED) is 0.344. The Balaban J connectivity index is 1.91. The predicted molar refractivity (Wildman–Crippen MR) is 102 cm³/mol. The molecule has 0 spiro atoms. The molecular weight excluding hydrogens is 362 g/mol. The minimum Gasteiger partial charge on any atom is -0.464 e. The number of esters is 3. The van der Waals surface area contributed by atoms with E-state index in [4.69, 9.17) is 14.2 Å². The van der Waals surface area contributed by atoms with Crippen molar-refractivity contribution in [1.82, 2.24) is 4.90 Å². The zero-order valence-corrected chi connectivity index (χ0v) is 16.6. The molecule has 1 aliphatic heterocycles. The first kappa shape index (κ1) is 21.9. The van der Waals surface area contributed by atoms with Gasteiger partial charge in [-0.05, 0) is 45.2 Å². The van der Waals surface area contributed by atoms with E-state index in [0.29, 0.717) is 13.0 Å². The number of nitrogens with zero attached hydrogens (tertiary/aromatic N) is 1. The molecule has 0 unspecified atom stereocenters. The van der Waals surface area contributed by atoms with Crippen molar-refractivity contribution >= 4 is 17.9 Å². The molecule has 1 aromatic carbocycles. The second-order valence-corrected chi connectivity index (χ2v) is 6.63. The summed E-state index contributed by atoms with van der Waals surface area (Å²) in [6.45, 7) is 4.61. The van der Waals surface area contributed by atoms with Crippen molar-refractivity contribution in [3.8, 4) is 0 Å². The zero-order chi connectivity index (χ0) is 20.4. The first-order chi connectivity index (χ1) is 13.6. The van der Waals surface area contributed by atoms with Crippen LogP contribution in [0, 0.1) is 0 Å². The van der Waals surface area contributed by atoms with Gasteiger partial charge in [0.2, 0.25) is 6.04 Å². The van der Waals surface area contributed by atoms with Crippen LogP contribution in [0.3, 0.4) is 0 Å². The minimum atomic E-state index is -1.08. The van der Waals surface area contributed by atoms with Gasteiger partial charge in [0, 0.05) is 12.5 Å². The number of hydrogen-bond acceptors (Lipinski definition) is 7. The lowest BCUT2D eigenvalue weighted by Gasteiger charge is -2.29. The molecule has 154 valence electrons. The minimum absolute atomic E-state index is 0.0666. The second kappa shape index (κ2) is 11.4. The molecule has 1 saturated heterocycles. The fourth-order valence-corrected chi connectivity index (χ4v) is 3.41. The third-order valence-corrected chi connectivity index (χ3v) is 4.70. The Kier molecular flexibility index (Phi) is 8.94. The molecule has 0 N–H and O–H groups in total. The van der Waals surface area contributed by atoms with Gasteiger partial charge < -0.3 is 14.2 Å². The highest BCUT2D eigenvalue weighted by atomic mass is 16.6. The second-order valence-electron chi connectivity index (χ2n) is 6.63. The Hall–Kier alpha value is -2.41. The topological polar surface area (TPSA) is 82.1 Å². The molecule has 0 aliphatic carbocycles. The van der Waals surface area contributed by atoms with Gasteiger partial charge in [-0.25, -0.2) is 9.59 Å². The van der Waals surface area contributed by atoms with Gasteiger partial charge in [0.25, 0.3) is 0 Å². The summed E-state index contributed by atoms with van der Waals surface area (Å²) in [6, 6.07) is 8.35. The molecule has 2 rings (SSSR count). The van der Waals surface area contributed by atoms with E-state index in [1.54, 1.807) is 18.7 Å². The number of benzene rings is 1. The molecule has 7 nitrogen and oxygen atoms in total. The van der Waals surface area contributed by atoms with E-state index in [9.17, 15) is 14.4 Å². The van der Waals surface area contributed by atoms with E-state index in [0.717, 1.165) is 18.4 Å². The smallest absolute Gasteiger partial charge is 0.335 e. The average molecular weight is 391 g/mol. The number of likely N-dealkylation sites (tertiary alicyclic amines) is 1. The summed E-state index contributed by atoms with van der Waals surface area (Å²) in [5.41, 5.74) is 0.933. The Labute approximate surface area is 165 Å². The van der Waals surface area contributed by atoms with E-state index in [2.05, 4.69) is 0 Å². The van der Waals surface area contributed by atoms with Crippen LogP contribution in [0.1, 0.15) is 45.1 Å². The van der Waals surface area contributed by atoms with Gasteiger partial charge in [0.15, 0.2) is 0 Å². The Bertz CT molecular complexity index is 630. The lowest BCUT2D eigenvalue weighted by Crippen LogP contribution is -2.50. The fraction of sp³-hybridized carbons (Fsp3) is 0.571. The van der Waals surface area contributed by atoms with E-state index < -0.39 is 18.0 Å². The zero-order valence-electron chi connectivity index (χ0n) is 16.6. The highest BCUT2D eigenvalue weighted by Gasteiger charge is 2.41. The van der Waals surface area contributed by atoms with Gasteiger partial charge in [-0.15, -0.1) is 0 Å². The van der Waals surface area contributed by atoms with Crippen LogP contribution >= 0.6 is 0 Å². The third kappa shape index (κ3) is 6.34. The van der Waals surface area contributed by atoms with Gasteiger partial charge in [-0.3, -0.25) is 9.69 Å². The summed E-state index contributed by atoms with van der Waals surface area (Å²) >= 11 is 0. The molecule has 1 aliphatic rings. The molecule has 0 saturated carbocycles. The molecule has 0 bridgehead atoms. The number of hydrogen-bond donors (Lipinski definition) is 0. The molecule has 1 heterocycles. The highest BCUT2D eigenvalue weighted by molar-refractivity contribution is 5.99. The molecule has 7 heteroatoms. The van der Waals surface area contributed by atoms with E-state index in [1.165, 1.54) is 0 Å². The fourth-order valence-electron chi connectivity index (χ4n) is 3.41. The Morgan fingerprint density at radius 2 is 1.68 bits per heavy atom. The lowest BCUT2D eigenvalue weighted by molar-refractivity contribution is -0.164. The van der Waals surface area contributed by atoms with E-state index >= 15 is 0 Å². The van der Waals surface area contributed by atoms with Crippen LogP contribution < -0.4 is 0 Å². The van der Waals surface area contributed by atoms with Crippen molar-refractivity contribution in [2.75, 3.05) is 19.8 Å². The van der Waals surface area contributed by atoms with Crippen LogP contribution in [0.5, 0.6) is 0 Å². The lowest BCUT2D eigenvalue weighted by atomic mass is 10.1. The van der Waals surface area contributed by atoms with Crippen LogP contribution in [0.25, 0.3) is 0 Å². The van der Waals surface area contributed by atoms with Crippen LogP contribution in [0.2, 0.25) is 0 Å². The van der Waals surface area contributed by atoms with Gasteiger partial charge in [0.1, 0.15) is 6.61 Å². The molecule has 0 aromatic heterocycles. The van der Waals surface area contributed by atoms with Crippen LogP contribution in [-0.2, 0) is 35.2 Å². The van der Waals surface area contributed by atoms with Gasteiger partial charge >= 0.3 is 17.9 Å². The Morgan fingerprint density at radius 1 is 1.04 bits per heavy atom. The molecule has 28 heavy (non-hydrogen) atoms. The van der Waals surface area contributed by atoms with Crippen molar-refractivity contribution in [3.63, 3.8) is 0 Å². The molecular formula is C21H29NO6. The van der Waals surface area contributed by atoms with Gasteiger partial charge in [-0.2, -0.15) is 0 Å². The monoisotopic (exact) mass is 391 g/mol. The first-order valence-electron chi connectivity index (χ1n) is 9.85. The highest BCUT2D eigenvalue weighted by Crippen LogP contribution is 2.25. The number of carbonyl (C=O) groups excluding carboxylic acids is 3. The largest absolute Gasteiger partial charge is 0.464 e. The predicted octanol–water partition coefficient (Wildman–Crippen LogP) is 2.47. The van der Waals surface area contributed by atoms with Gasteiger partial charge in [-0.1, -0.05) is 30.3 Å². The van der Waals surface area contributed by atoms with E-state index in [1.807, 2.05) is 30.3 Å². The first-order valence-corrected chi connectivity index (χ1v) is 9.85. The number of rotatable bonds is 10. The van der Waals surface area contributed by atoms with Crippen LogP contribution in [-0.4, -0.2) is 54.7 Å². The SMILES string of the molecule is CCOC(=O)C(C(=O)OCC)N1CCC[C@H]1CCC(=O)OCc1ccccc1. The van der Waals surface area contributed by atoms with E-state index in [-0.39, 0.29) is 38.3 Å². The van der Waals surface area contributed by atoms with Crippen molar-refractivity contribution < 1.29 is 28.6 Å². The Morgan fingerprint density at radius 3 is 2.29 bits per heavy atom. The summed E-state index contributed by atoms with van der Waals surface area (Å²) in [5.74, 6) is -1.49. The van der Waals surface area contributed by atoms with Gasteiger partial charge in [0.05, 0.1) is 13.2 Å². The third-order valence-electron chi connectivity index (χ3n) is 4.70. The van der Waals surface area contributed by atoms with Crippen molar-refractivity contribution in [2.45, 2.75) is 58.2 Å². The van der Waals surface area contributed by atoms with Crippen LogP contribution in [0.4, 0.5) is 0 Å². The number of carbonyl (C=O) groups is 3. The maximum Gasteiger partial charge on any atom is 0.335 e. The van der Waals surface area contributed by atoms with Crippen LogP contribution in [0.15, 0.2) is 30.3 Å². The van der Waals surface area contributed by atoms with Crippen molar-refractivity contribution in [3.05, 3.63) is 35.9 Å². The molecule has 0 radical (unpaired) electrons. The summed E-state index contributed by atoms with van der Waals surface area (Å²) in [4.78, 5) is 38.6. The maximum absolute atomic E-state index is 12.3. The summed E-state index contributed by atoms with van der Waals surface area (Å²) < 4.78 is 15.5. The maximum atomic E-state index is 12.3. The summed E-state index contributed by atoms with van der Waals surface area (Å²) in [7, 11) is 0. The molecule has 1 fully saturated rings. The normalized spacial score (nSPS) is 16.8. The average Bonchev–Trinajstić information content (AvgIpc) is 3.14. The molecule has 0 amide bonds. The number of ether oxygens (including phenoxy) is 3.